The molecule has 5 nitrogen and oxygen atoms in total. The Hall–Kier alpha value is -1.95. The highest BCUT2D eigenvalue weighted by molar-refractivity contribution is 7.15. The van der Waals surface area contributed by atoms with Gasteiger partial charge in [0.1, 0.15) is 10.8 Å². The molecular formula is C19H25N3O2S. The lowest BCUT2D eigenvalue weighted by atomic mass is 9.86. The van der Waals surface area contributed by atoms with Gasteiger partial charge in [-0.05, 0) is 24.5 Å². The van der Waals surface area contributed by atoms with Gasteiger partial charge in [-0.2, -0.15) is 0 Å². The number of carbonyl (C=O) groups excluding carboxylic acids is 1. The molecule has 134 valence electrons. The van der Waals surface area contributed by atoms with Crippen LogP contribution in [-0.2, 0) is 11.2 Å². The minimum absolute atomic E-state index is 0.0498. The number of carbonyl (C=O) groups is 1. The molecular weight excluding hydrogens is 334 g/mol. The molecule has 1 aromatic heterocycles. The molecule has 0 spiro atoms. The normalized spacial score (nSPS) is 15.0. The van der Waals surface area contributed by atoms with Gasteiger partial charge in [-0.25, -0.2) is 0 Å². The van der Waals surface area contributed by atoms with Crippen molar-refractivity contribution in [1.82, 2.24) is 10.2 Å². The topological polar surface area (TPSA) is 64.1 Å². The third kappa shape index (κ3) is 6.12. The van der Waals surface area contributed by atoms with Crippen molar-refractivity contribution < 1.29 is 9.53 Å². The largest absolute Gasteiger partial charge is 0.493 e. The highest BCUT2D eigenvalue weighted by Crippen LogP contribution is 2.27. The molecule has 1 fully saturated rings. The van der Waals surface area contributed by atoms with Gasteiger partial charge in [0.05, 0.1) is 6.61 Å². The number of hydrogen-bond acceptors (Lipinski definition) is 5. The molecule has 0 aliphatic heterocycles. The number of rotatable bonds is 8. The summed E-state index contributed by atoms with van der Waals surface area (Å²) in [5.41, 5.74) is 0. The number of amides is 1. The summed E-state index contributed by atoms with van der Waals surface area (Å²) < 4.78 is 5.66. The van der Waals surface area contributed by atoms with Crippen molar-refractivity contribution in [3.63, 3.8) is 0 Å². The summed E-state index contributed by atoms with van der Waals surface area (Å²) in [4.78, 5) is 12.1. The number of nitrogens with one attached hydrogen (secondary N) is 1. The Morgan fingerprint density at radius 3 is 2.76 bits per heavy atom. The van der Waals surface area contributed by atoms with E-state index in [1.807, 2.05) is 30.3 Å². The van der Waals surface area contributed by atoms with Crippen molar-refractivity contribution in [2.45, 2.75) is 51.4 Å². The monoisotopic (exact) mass is 359 g/mol. The van der Waals surface area contributed by atoms with Gasteiger partial charge in [0.25, 0.3) is 0 Å². The summed E-state index contributed by atoms with van der Waals surface area (Å²) in [5, 5.41) is 12.5. The van der Waals surface area contributed by atoms with Gasteiger partial charge in [-0.3, -0.25) is 4.79 Å². The average Bonchev–Trinajstić information content (AvgIpc) is 3.09. The van der Waals surface area contributed by atoms with Gasteiger partial charge in [-0.15, -0.1) is 10.2 Å². The maximum absolute atomic E-state index is 12.1. The summed E-state index contributed by atoms with van der Waals surface area (Å²) in [6.07, 6.45) is 8.79. The molecule has 1 saturated carbocycles. The summed E-state index contributed by atoms with van der Waals surface area (Å²) in [6, 6.07) is 9.71. The fraction of sp³-hybridized carbons (Fsp3) is 0.526. The summed E-state index contributed by atoms with van der Waals surface area (Å²) >= 11 is 1.42. The molecule has 0 atom stereocenters. The molecule has 1 aliphatic rings. The Morgan fingerprint density at radius 2 is 1.96 bits per heavy atom. The fourth-order valence-electron chi connectivity index (χ4n) is 3.17. The maximum Gasteiger partial charge on any atom is 0.226 e. The van der Waals surface area contributed by atoms with Crippen molar-refractivity contribution in [2.75, 3.05) is 11.9 Å². The van der Waals surface area contributed by atoms with Crippen LogP contribution in [0, 0.1) is 5.92 Å². The predicted octanol–water partition coefficient (Wildman–Crippen LogP) is 4.46. The zero-order valence-corrected chi connectivity index (χ0v) is 15.3. The van der Waals surface area contributed by atoms with Crippen LogP contribution in [0.15, 0.2) is 30.3 Å². The second kappa shape index (κ2) is 9.51. The van der Waals surface area contributed by atoms with Crippen LogP contribution in [0.2, 0.25) is 0 Å². The zero-order chi connectivity index (χ0) is 17.3. The van der Waals surface area contributed by atoms with Crippen molar-refractivity contribution in [2.24, 2.45) is 5.92 Å². The Balaban J connectivity index is 1.36. The molecule has 0 saturated heterocycles. The van der Waals surface area contributed by atoms with E-state index < -0.39 is 0 Å². The number of para-hydroxylation sites is 1. The second-order valence-corrected chi connectivity index (χ2v) is 7.57. The lowest BCUT2D eigenvalue weighted by Crippen LogP contribution is -2.14. The van der Waals surface area contributed by atoms with Gasteiger partial charge >= 0.3 is 0 Å². The standard InChI is InChI=1S/C19H25N3O2S/c23-17(12-11-15-7-3-1-4-8-15)20-19-22-21-18(25-19)13-14-24-16-9-5-2-6-10-16/h2,5-6,9-10,15H,1,3-4,7-8,11-14H2,(H,20,22,23). The molecule has 1 heterocycles. The van der Waals surface area contributed by atoms with Crippen LogP contribution >= 0.6 is 11.3 Å². The van der Waals surface area contributed by atoms with E-state index in [0.717, 1.165) is 23.1 Å². The van der Waals surface area contributed by atoms with Crippen molar-refractivity contribution in [1.29, 1.82) is 0 Å². The van der Waals surface area contributed by atoms with Crippen molar-refractivity contribution in [3.05, 3.63) is 35.3 Å². The predicted molar refractivity (Wildman–Crippen MR) is 100.0 cm³/mol. The molecule has 1 aliphatic carbocycles. The van der Waals surface area contributed by atoms with Crippen LogP contribution in [0.3, 0.4) is 0 Å². The Labute approximate surface area is 152 Å². The number of hydrogen-bond donors (Lipinski definition) is 1. The molecule has 2 aromatic rings. The highest BCUT2D eigenvalue weighted by Gasteiger charge is 2.15. The lowest BCUT2D eigenvalue weighted by molar-refractivity contribution is -0.116. The molecule has 0 unspecified atom stereocenters. The quantitative estimate of drug-likeness (QED) is 0.756. The zero-order valence-electron chi connectivity index (χ0n) is 14.4. The van der Waals surface area contributed by atoms with Crippen LogP contribution in [0.1, 0.15) is 50.0 Å². The first kappa shape index (κ1) is 17.9. The maximum atomic E-state index is 12.1. The Kier molecular flexibility index (Phi) is 6.79. The molecule has 1 N–H and O–H groups in total. The highest BCUT2D eigenvalue weighted by atomic mass is 32.1. The Morgan fingerprint density at radius 1 is 1.16 bits per heavy atom. The third-order valence-corrected chi connectivity index (χ3v) is 5.44. The number of aromatic nitrogens is 2. The lowest BCUT2D eigenvalue weighted by Gasteiger charge is -2.20. The summed E-state index contributed by atoms with van der Waals surface area (Å²) in [6.45, 7) is 0.550. The van der Waals surface area contributed by atoms with E-state index in [2.05, 4.69) is 15.5 Å². The molecule has 0 radical (unpaired) electrons. The van der Waals surface area contributed by atoms with Crippen molar-refractivity contribution in [3.8, 4) is 5.75 Å². The Bertz CT molecular complexity index is 654. The smallest absolute Gasteiger partial charge is 0.226 e. The van der Waals surface area contributed by atoms with Crippen LogP contribution in [0.5, 0.6) is 5.75 Å². The number of nitrogens with zero attached hydrogens (tertiary/aromatic N) is 2. The molecule has 1 aromatic carbocycles. The average molecular weight is 359 g/mol. The number of anilines is 1. The molecule has 0 bridgehead atoms. The summed E-state index contributed by atoms with van der Waals surface area (Å²) in [5.74, 6) is 1.62. The van der Waals surface area contributed by atoms with E-state index in [4.69, 9.17) is 4.74 Å². The van der Waals surface area contributed by atoms with E-state index in [9.17, 15) is 4.79 Å². The molecule has 3 rings (SSSR count). The molecule has 6 heteroatoms. The number of benzene rings is 1. The SMILES string of the molecule is O=C(CCC1CCCCC1)Nc1nnc(CCOc2ccccc2)s1. The fourth-order valence-corrected chi connectivity index (χ4v) is 3.91. The molecule has 1 amide bonds. The summed E-state index contributed by atoms with van der Waals surface area (Å²) in [7, 11) is 0. The van der Waals surface area contributed by atoms with Crippen molar-refractivity contribution >= 4 is 22.4 Å². The minimum Gasteiger partial charge on any atom is -0.493 e. The van der Waals surface area contributed by atoms with Crippen LogP contribution in [0.4, 0.5) is 5.13 Å². The van der Waals surface area contributed by atoms with Gasteiger partial charge < -0.3 is 10.1 Å². The van der Waals surface area contributed by atoms with E-state index in [0.29, 0.717) is 24.6 Å². The molecule has 25 heavy (non-hydrogen) atoms. The van der Waals surface area contributed by atoms with Crippen LogP contribution in [-0.4, -0.2) is 22.7 Å². The first-order valence-corrected chi connectivity index (χ1v) is 9.91. The number of ether oxygens (including phenoxy) is 1. The van der Waals surface area contributed by atoms with Gasteiger partial charge in [0, 0.05) is 12.8 Å². The van der Waals surface area contributed by atoms with Gasteiger partial charge in [-0.1, -0.05) is 61.6 Å². The third-order valence-electron chi connectivity index (χ3n) is 4.55. The van der Waals surface area contributed by atoms with Gasteiger partial charge in [0.15, 0.2) is 0 Å². The van der Waals surface area contributed by atoms with E-state index in [1.54, 1.807) is 0 Å². The van der Waals surface area contributed by atoms with Crippen LogP contribution < -0.4 is 10.1 Å². The second-order valence-electron chi connectivity index (χ2n) is 6.50. The first-order valence-electron chi connectivity index (χ1n) is 9.09. The van der Waals surface area contributed by atoms with E-state index in [-0.39, 0.29) is 5.91 Å². The van der Waals surface area contributed by atoms with Crippen LogP contribution in [0.25, 0.3) is 0 Å². The minimum atomic E-state index is 0.0498. The van der Waals surface area contributed by atoms with E-state index in [1.165, 1.54) is 43.4 Å². The van der Waals surface area contributed by atoms with Gasteiger partial charge in [0.2, 0.25) is 11.0 Å². The first-order chi connectivity index (χ1) is 12.3. The van der Waals surface area contributed by atoms with E-state index >= 15 is 0 Å².